The van der Waals surface area contributed by atoms with Gasteiger partial charge in [-0.3, -0.25) is 4.79 Å². The van der Waals surface area contributed by atoms with Gasteiger partial charge in [0.05, 0.1) is 6.04 Å². The maximum absolute atomic E-state index is 11.9. The third kappa shape index (κ3) is 3.70. The van der Waals surface area contributed by atoms with E-state index in [-0.39, 0.29) is 11.9 Å². The zero-order chi connectivity index (χ0) is 12.1. The number of nitrogens with one attached hydrogen (secondary N) is 2. The van der Waals surface area contributed by atoms with Crippen LogP contribution in [0.25, 0.3) is 0 Å². The maximum Gasteiger partial charge on any atom is 0.237 e. The summed E-state index contributed by atoms with van der Waals surface area (Å²) in [5.41, 5.74) is 0. The molecule has 1 saturated heterocycles. The van der Waals surface area contributed by atoms with Crippen LogP contribution in [0.1, 0.15) is 58.3 Å². The average Bonchev–Trinajstić information content (AvgIpc) is 2.56. The fourth-order valence-corrected chi connectivity index (χ4v) is 3.19. The minimum Gasteiger partial charge on any atom is -0.355 e. The first-order valence-corrected chi connectivity index (χ1v) is 7.31. The maximum atomic E-state index is 11.9. The van der Waals surface area contributed by atoms with Crippen molar-refractivity contribution in [3.63, 3.8) is 0 Å². The fraction of sp³-hybridized carbons (Fsp3) is 0.929. The van der Waals surface area contributed by atoms with Gasteiger partial charge in [0, 0.05) is 12.6 Å². The molecule has 1 amide bonds. The number of rotatable bonds is 3. The van der Waals surface area contributed by atoms with Gasteiger partial charge in [0.1, 0.15) is 0 Å². The second kappa shape index (κ2) is 6.39. The molecule has 3 heteroatoms. The summed E-state index contributed by atoms with van der Waals surface area (Å²) in [6.07, 6.45) is 10.1. The van der Waals surface area contributed by atoms with Crippen molar-refractivity contribution in [2.24, 2.45) is 5.92 Å². The lowest BCUT2D eigenvalue weighted by molar-refractivity contribution is -0.123. The zero-order valence-corrected chi connectivity index (χ0v) is 11.0. The minimum absolute atomic E-state index is 0.0504. The lowest BCUT2D eigenvalue weighted by atomic mass is 9.84. The Morgan fingerprint density at radius 3 is 2.59 bits per heavy atom. The second-order valence-electron chi connectivity index (χ2n) is 5.69. The summed E-state index contributed by atoms with van der Waals surface area (Å²) in [5, 5.41) is 6.57. The number of hydrogen-bond acceptors (Lipinski definition) is 2. The summed E-state index contributed by atoms with van der Waals surface area (Å²) in [5.74, 6) is 0.991. The predicted octanol–water partition coefficient (Wildman–Crippen LogP) is 2.21. The van der Waals surface area contributed by atoms with Crippen molar-refractivity contribution in [2.45, 2.75) is 70.4 Å². The van der Waals surface area contributed by atoms with Crippen molar-refractivity contribution >= 4 is 5.91 Å². The van der Waals surface area contributed by atoms with E-state index >= 15 is 0 Å². The number of carbonyl (C=O) groups is 1. The van der Waals surface area contributed by atoms with Gasteiger partial charge in [-0.25, -0.2) is 0 Å². The van der Waals surface area contributed by atoms with Crippen molar-refractivity contribution in [3.05, 3.63) is 0 Å². The molecule has 0 spiro atoms. The van der Waals surface area contributed by atoms with Crippen LogP contribution >= 0.6 is 0 Å². The lowest BCUT2D eigenvalue weighted by Crippen LogP contribution is -2.48. The molecular formula is C14H26N2O. The quantitative estimate of drug-likeness (QED) is 0.791. The molecule has 1 unspecified atom stereocenters. The molecular weight excluding hydrogens is 212 g/mol. The average molecular weight is 238 g/mol. The van der Waals surface area contributed by atoms with Crippen LogP contribution < -0.4 is 10.6 Å². The van der Waals surface area contributed by atoms with E-state index in [2.05, 4.69) is 17.6 Å². The Kier molecular flexibility index (Phi) is 4.84. The van der Waals surface area contributed by atoms with Gasteiger partial charge < -0.3 is 10.6 Å². The van der Waals surface area contributed by atoms with E-state index < -0.39 is 0 Å². The molecule has 98 valence electrons. The van der Waals surface area contributed by atoms with Gasteiger partial charge in [0.15, 0.2) is 0 Å². The van der Waals surface area contributed by atoms with E-state index in [0.29, 0.717) is 6.04 Å². The van der Waals surface area contributed by atoms with Gasteiger partial charge >= 0.3 is 0 Å². The van der Waals surface area contributed by atoms with Gasteiger partial charge in [-0.2, -0.15) is 0 Å². The molecule has 0 aromatic rings. The summed E-state index contributed by atoms with van der Waals surface area (Å²) in [7, 11) is 0. The highest BCUT2D eigenvalue weighted by molar-refractivity contribution is 5.81. The molecule has 2 N–H and O–H groups in total. The molecule has 17 heavy (non-hydrogen) atoms. The first-order valence-electron chi connectivity index (χ1n) is 7.31. The van der Waals surface area contributed by atoms with Crippen LogP contribution in [0.15, 0.2) is 0 Å². The Labute approximate surface area is 105 Å². The zero-order valence-electron chi connectivity index (χ0n) is 11.0. The second-order valence-corrected chi connectivity index (χ2v) is 5.69. The van der Waals surface area contributed by atoms with Crippen LogP contribution in [-0.2, 0) is 4.79 Å². The highest BCUT2D eigenvalue weighted by Crippen LogP contribution is 2.26. The van der Waals surface area contributed by atoms with Crippen LogP contribution in [0.2, 0.25) is 0 Å². The number of carbonyl (C=O) groups excluding carboxylic acids is 1. The van der Waals surface area contributed by atoms with E-state index in [4.69, 9.17) is 0 Å². The molecule has 2 fully saturated rings. The molecule has 0 aromatic heterocycles. The largest absolute Gasteiger partial charge is 0.355 e. The topological polar surface area (TPSA) is 41.1 Å². The van der Waals surface area contributed by atoms with Gasteiger partial charge in [-0.15, -0.1) is 0 Å². The molecule has 1 saturated carbocycles. The van der Waals surface area contributed by atoms with E-state index in [0.717, 1.165) is 31.7 Å². The molecule has 2 atom stereocenters. The summed E-state index contributed by atoms with van der Waals surface area (Å²) in [6.45, 7) is 3.11. The molecule has 1 heterocycles. The van der Waals surface area contributed by atoms with Crippen molar-refractivity contribution < 1.29 is 4.79 Å². The molecule has 0 aromatic carbocycles. The molecule has 2 aliphatic rings. The molecule has 3 nitrogen and oxygen atoms in total. The monoisotopic (exact) mass is 238 g/mol. The highest BCUT2D eigenvalue weighted by Gasteiger charge is 2.26. The smallest absolute Gasteiger partial charge is 0.237 e. The third-order valence-electron chi connectivity index (χ3n) is 4.36. The summed E-state index contributed by atoms with van der Waals surface area (Å²) in [4.78, 5) is 11.9. The Morgan fingerprint density at radius 1 is 1.12 bits per heavy atom. The molecule has 0 radical (unpaired) electrons. The predicted molar refractivity (Wildman–Crippen MR) is 69.8 cm³/mol. The molecule has 2 rings (SSSR count). The van der Waals surface area contributed by atoms with Crippen LogP contribution in [-0.4, -0.2) is 24.5 Å². The SMILES string of the molecule is C[C@@H](NC1CCCCNC1=O)C1CCCCC1. The van der Waals surface area contributed by atoms with E-state index in [9.17, 15) is 4.79 Å². The molecule has 1 aliphatic carbocycles. The minimum atomic E-state index is 0.0504. The van der Waals surface area contributed by atoms with Gasteiger partial charge in [-0.05, 0) is 44.9 Å². The Balaban J connectivity index is 1.83. The third-order valence-corrected chi connectivity index (χ3v) is 4.36. The van der Waals surface area contributed by atoms with E-state index in [1.807, 2.05) is 0 Å². The van der Waals surface area contributed by atoms with Crippen molar-refractivity contribution in [1.82, 2.24) is 10.6 Å². The first kappa shape index (κ1) is 12.9. The fourth-order valence-electron chi connectivity index (χ4n) is 3.19. The Bertz CT molecular complexity index is 249. The van der Waals surface area contributed by atoms with Crippen molar-refractivity contribution in [3.8, 4) is 0 Å². The molecule has 1 aliphatic heterocycles. The van der Waals surface area contributed by atoms with Crippen molar-refractivity contribution in [2.75, 3.05) is 6.54 Å². The van der Waals surface area contributed by atoms with Crippen LogP contribution in [0.5, 0.6) is 0 Å². The van der Waals surface area contributed by atoms with Crippen LogP contribution in [0.3, 0.4) is 0 Å². The summed E-state index contributed by atoms with van der Waals surface area (Å²) < 4.78 is 0. The standard InChI is InChI=1S/C14H26N2O/c1-11(12-7-3-2-4-8-12)16-13-9-5-6-10-15-14(13)17/h11-13,16H,2-10H2,1H3,(H,15,17)/t11-,13?/m1/s1. The Morgan fingerprint density at radius 2 is 1.82 bits per heavy atom. The molecule has 0 bridgehead atoms. The van der Waals surface area contributed by atoms with Gasteiger partial charge in [-0.1, -0.05) is 19.3 Å². The summed E-state index contributed by atoms with van der Waals surface area (Å²) in [6, 6.07) is 0.540. The summed E-state index contributed by atoms with van der Waals surface area (Å²) >= 11 is 0. The number of amides is 1. The van der Waals surface area contributed by atoms with E-state index in [1.165, 1.54) is 32.1 Å². The lowest BCUT2D eigenvalue weighted by Gasteiger charge is -2.31. The Hall–Kier alpha value is -0.570. The number of hydrogen-bond donors (Lipinski definition) is 2. The highest BCUT2D eigenvalue weighted by atomic mass is 16.2. The first-order chi connectivity index (χ1) is 8.27. The van der Waals surface area contributed by atoms with E-state index in [1.54, 1.807) is 0 Å². The van der Waals surface area contributed by atoms with Crippen molar-refractivity contribution in [1.29, 1.82) is 0 Å². The van der Waals surface area contributed by atoms with Crippen LogP contribution in [0.4, 0.5) is 0 Å². The van der Waals surface area contributed by atoms with Crippen LogP contribution in [0, 0.1) is 5.92 Å². The van der Waals surface area contributed by atoms with Gasteiger partial charge in [0.25, 0.3) is 0 Å². The van der Waals surface area contributed by atoms with Gasteiger partial charge in [0.2, 0.25) is 5.91 Å². The normalized spacial score (nSPS) is 29.5.